The van der Waals surface area contributed by atoms with Gasteiger partial charge in [-0.2, -0.15) is 5.10 Å². The van der Waals surface area contributed by atoms with Crippen molar-refractivity contribution >= 4 is 40.3 Å². The summed E-state index contributed by atoms with van der Waals surface area (Å²) < 4.78 is 7.64. The Morgan fingerprint density at radius 1 is 0.827 bits per heavy atom. The van der Waals surface area contributed by atoms with E-state index in [4.69, 9.17) is 21.4 Å². The fourth-order valence-electron chi connectivity index (χ4n) is 7.18. The van der Waals surface area contributed by atoms with Gasteiger partial charge in [0.15, 0.2) is 5.82 Å². The maximum Gasteiger partial charge on any atom is 0.410 e. The van der Waals surface area contributed by atoms with Crippen LogP contribution in [0, 0.1) is 5.92 Å². The molecule has 0 unspecified atom stereocenters. The summed E-state index contributed by atoms with van der Waals surface area (Å²) in [5.41, 5.74) is 3.68. The van der Waals surface area contributed by atoms with Crippen LogP contribution in [-0.2, 0) is 15.1 Å². The quantitative estimate of drug-likeness (QED) is 0.161. The van der Waals surface area contributed by atoms with Crippen molar-refractivity contribution in [2.75, 3.05) is 18.4 Å². The number of piperidine rings is 1. The topological polar surface area (TPSA) is 96.7 Å². The first kappa shape index (κ1) is 34.8. The van der Waals surface area contributed by atoms with Crippen LogP contribution in [0.15, 0.2) is 127 Å². The van der Waals surface area contributed by atoms with E-state index in [0.29, 0.717) is 35.6 Å². The first-order chi connectivity index (χ1) is 25.0. The highest BCUT2D eigenvalue weighted by Gasteiger charge is 2.41. The maximum atomic E-state index is 14.2. The first-order valence-electron chi connectivity index (χ1n) is 17.5. The molecule has 1 aliphatic heterocycles. The fraction of sp³-hybridized carbons (Fsp3) is 0.233. The minimum absolute atomic E-state index is 0.0712. The summed E-state index contributed by atoms with van der Waals surface area (Å²) >= 11 is 6.65. The van der Waals surface area contributed by atoms with Crippen molar-refractivity contribution in [2.45, 2.75) is 44.8 Å². The van der Waals surface area contributed by atoms with Gasteiger partial charge in [-0.1, -0.05) is 109 Å². The Kier molecular flexibility index (Phi) is 9.51. The minimum Gasteiger partial charge on any atom is -0.508 e. The predicted octanol–water partition coefficient (Wildman–Crippen LogP) is 9.49. The zero-order chi connectivity index (χ0) is 36.5. The highest BCUT2D eigenvalue weighted by atomic mass is 35.5. The van der Waals surface area contributed by atoms with E-state index >= 15 is 0 Å². The smallest absolute Gasteiger partial charge is 0.410 e. The zero-order valence-corrected chi connectivity index (χ0v) is 30.2. The molecule has 1 fully saturated rings. The molecule has 0 bridgehead atoms. The SMILES string of the molecule is CC(C)(C)OC(=O)N1CCC[C@H](C(=O)Nc2nn(C(c3ccccc3)(c3ccccc3)c3ccccc3)c3ccc(-c4ccc(O)cc4Cl)cc23)C1. The van der Waals surface area contributed by atoms with Gasteiger partial charge >= 0.3 is 6.09 Å². The lowest BCUT2D eigenvalue weighted by atomic mass is 9.77. The van der Waals surface area contributed by atoms with Crippen molar-refractivity contribution in [1.29, 1.82) is 0 Å². The molecule has 0 spiro atoms. The van der Waals surface area contributed by atoms with E-state index < -0.39 is 23.2 Å². The van der Waals surface area contributed by atoms with Crippen molar-refractivity contribution < 1.29 is 19.4 Å². The third-order valence-corrected chi connectivity index (χ3v) is 9.83. The van der Waals surface area contributed by atoms with Crippen LogP contribution < -0.4 is 5.32 Å². The number of phenolic OH excluding ortho intramolecular Hbond substituents is 1. The molecule has 6 aromatic rings. The summed E-state index contributed by atoms with van der Waals surface area (Å²) in [6.07, 6.45) is 0.878. The number of halogens is 1. The van der Waals surface area contributed by atoms with Gasteiger partial charge in [-0.25, -0.2) is 9.48 Å². The molecule has 0 radical (unpaired) electrons. The van der Waals surface area contributed by atoms with E-state index in [1.165, 1.54) is 6.07 Å². The number of ether oxygens (including phenoxy) is 1. The number of nitrogens with one attached hydrogen (secondary N) is 1. The number of likely N-dealkylation sites (tertiary alicyclic amines) is 1. The van der Waals surface area contributed by atoms with Gasteiger partial charge in [0.1, 0.15) is 16.9 Å². The molecule has 8 nitrogen and oxygen atoms in total. The lowest BCUT2D eigenvalue weighted by Crippen LogP contribution is -2.45. The van der Waals surface area contributed by atoms with Gasteiger partial charge in [0.25, 0.3) is 0 Å². The number of hydrogen-bond acceptors (Lipinski definition) is 5. The average Bonchev–Trinajstić information content (AvgIpc) is 3.50. The van der Waals surface area contributed by atoms with Gasteiger partial charge in [-0.15, -0.1) is 0 Å². The molecular formula is C43H41ClN4O4. The van der Waals surface area contributed by atoms with Gasteiger partial charge in [0.2, 0.25) is 5.91 Å². The van der Waals surface area contributed by atoms with Gasteiger partial charge in [0.05, 0.1) is 16.5 Å². The largest absolute Gasteiger partial charge is 0.508 e. The molecule has 1 atom stereocenters. The summed E-state index contributed by atoms with van der Waals surface area (Å²) in [6.45, 7) is 6.28. The van der Waals surface area contributed by atoms with Gasteiger partial charge < -0.3 is 20.1 Å². The van der Waals surface area contributed by atoms with Crippen LogP contribution in [0.1, 0.15) is 50.3 Å². The number of phenols is 1. The van der Waals surface area contributed by atoms with Crippen molar-refractivity contribution in [3.8, 4) is 16.9 Å². The third kappa shape index (κ3) is 6.74. The number of nitrogens with zero attached hydrogens (tertiary/aromatic N) is 3. The Hall–Kier alpha value is -5.60. The number of aromatic hydroxyl groups is 1. The molecule has 2 heterocycles. The lowest BCUT2D eigenvalue weighted by molar-refractivity contribution is -0.121. The summed E-state index contributed by atoms with van der Waals surface area (Å²) in [5, 5.41) is 19.7. The second kappa shape index (κ2) is 14.2. The zero-order valence-electron chi connectivity index (χ0n) is 29.4. The number of rotatable bonds is 7. The molecule has 5 aromatic carbocycles. The van der Waals surface area contributed by atoms with E-state index in [2.05, 4.69) is 41.7 Å². The van der Waals surface area contributed by atoms with Crippen LogP contribution in [0.25, 0.3) is 22.0 Å². The standard InChI is InChI=1S/C43H41ClN4O4/c1-42(2,3)52-41(51)47-25-13-14-30(28-47)40(50)45-39-36-26-29(35-23-22-34(49)27-37(35)44)21-24-38(36)48(46-39)43(31-15-7-4-8-16-31,32-17-9-5-10-18-32)33-19-11-6-12-20-33/h4-12,15-24,26-27,30,49H,13-14,25,28H2,1-3H3,(H,45,46,50)/t30-/m0/s1. The number of amides is 2. The molecule has 2 amide bonds. The third-order valence-electron chi connectivity index (χ3n) is 9.52. The average molecular weight is 713 g/mol. The molecule has 9 heteroatoms. The normalized spacial score (nSPS) is 15.0. The molecule has 1 aliphatic rings. The monoisotopic (exact) mass is 712 g/mol. The van der Waals surface area contributed by atoms with Crippen molar-refractivity contribution in [3.05, 3.63) is 149 Å². The van der Waals surface area contributed by atoms with Crippen molar-refractivity contribution in [3.63, 3.8) is 0 Å². The molecule has 1 aromatic heterocycles. The van der Waals surface area contributed by atoms with Crippen LogP contribution in [0.3, 0.4) is 0 Å². The van der Waals surface area contributed by atoms with E-state index in [1.807, 2.05) is 98.2 Å². The molecule has 52 heavy (non-hydrogen) atoms. The van der Waals surface area contributed by atoms with Gasteiger partial charge in [-0.3, -0.25) is 4.79 Å². The van der Waals surface area contributed by atoms with Crippen LogP contribution in [0.4, 0.5) is 10.6 Å². The number of aromatic nitrogens is 2. The Morgan fingerprint density at radius 2 is 1.42 bits per heavy atom. The Balaban J connectivity index is 1.41. The number of hydrogen-bond donors (Lipinski definition) is 2. The fourth-order valence-corrected chi connectivity index (χ4v) is 7.46. The predicted molar refractivity (Wildman–Crippen MR) is 206 cm³/mol. The lowest BCUT2D eigenvalue weighted by Gasteiger charge is -2.37. The number of benzene rings is 5. The molecule has 0 aliphatic carbocycles. The highest BCUT2D eigenvalue weighted by Crippen LogP contribution is 2.44. The second-order valence-corrected chi connectivity index (χ2v) is 14.6. The summed E-state index contributed by atoms with van der Waals surface area (Å²) in [6, 6.07) is 41.6. The second-order valence-electron chi connectivity index (χ2n) is 14.2. The van der Waals surface area contributed by atoms with Crippen LogP contribution >= 0.6 is 11.6 Å². The number of fused-ring (bicyclic) bond motifs is 1. The molecule has 0 saturated carbocycles. The van der Waals surface area contributed by atoms with Gasteiger partial charge in [-0.05, 0) is 86.2 Å². The highest BCUT2D eigenvalue weighted by molar-refractivity contribution is 6.33. The van der Waals surface area contributed by atoms with E-state index in [9.17, 15) is 14.7 Å². The van der Waals surface area contributed by atoms with E-state index in [-0.39, 0.29) is 18.2 Å². The molecule has 1 saturated heterocycles. The van der Waals surface area contributed by atoms with Crippen LogP contribution in [0.2, 0.25) is 5.02 Å². The van der Waals surface area contributed by atoms with Crippen LogP contribution in [-0.4, -0.2) is 50.5 Å². The van der Waals surface area contributed by atoms with E-state index in [1.54, 1.807) is 17.0 Å². The number of anilines is 1. The number of carbonyl (C=O) groups is 2. The van der Waals surface area contributed by atoms with E-state index in [0.717, 1.165) is 33.3 Å². The summed E-state index contributed by atoms with van der Waals surface area (Å²) in [4.78, 5) is 28.8. The Bertz CT molecular complexity index is 2120. The molecule has 264 valence electrons. The summed E-state index contributed by atoms with van der Waals surface area (Å²) in [7, 11) is 0. The minimum atomic E-state index is -0.943. The molecule has 2 N–H and O–H groups in total. The van der Waals surface area contributed by atoms with Gasteiger partial charge in [0, 0.05) is 24.0 Å². The Morgan fingerprint density at radius 3 is 1.98 bits per heavy atom. The van der Waals surface area contributed by atoms with Crippen molar-refractivity contribution in [1.82, 2.24) is 14.7 Å². The molecular weight excluding hydrogens is 672 g/mol. The maximum absolute atomic E-state index is 14.2. The Labute approximate surface area is 308 Å². The first-order valence-corrected chi connectivity index (χ1v) is 17.9. The number of carbonyl (C=O) groups excluding carboxylic acids is 2. The van der Waals surface area contributed by atoms with Crippen LogP contribution in [0.5, 0.6) is 5.75 Å². The molecule has 7 rings (SSSR count). The van der Waals surface area contributed by atoms with Crippen molar-refractivity contribution in [2.24, 2.45) is 5.92 Å². The summed E-state index contributed by atoms with van der Waals surface area (Å²) in [5.74, 6) is -0.226.